The normalized spacial score (nSPS) is 20.7. The molecule has 0 aliphatic carbocycles. The number of hydrogen-bond donors (Lipinski definition) is 1. The van der Waals surface area contributed by atoms with E-state index < -0.39 is 10.0 Å². The molecule has 1 fully saturated rings. The van der Waals surface area contributed by atoms with Gasteiger partial charge in [0.05, 0.1) is 17.7 Å². The van der Waals surface area contributed by atoms with Crippen LogP contribution in [0.15, 0.2) is 17.0 Å². The van der Waals surface area contributed by atoms with Gasteiger partial charge in [-0.25, -0.2) is 8.42 Å². The number of aliphatic hydroxyl groups is 1. The van der Waals surface area contributed by atoms with Crippen LogP contribution in [-0.2, 0) is 21.4 Å². The van der Waals surface area contributed by atoms with Crippen LogP contribution in [0.5, 0.6) is 0 Å². The lowest BCUT2D eigenvalue weighted by molar-refractivity contribution is 0.0572. The Hall–Kier alpha value is -0.370. The lowest BCUT2D eigenvalue weighted by Crippen LogP contribution is -2.42. The Kier molecular flexibility index (Phi) is 5.51. The van der Waals surface area contributed by atoms with E-state index in [1.807, 2.05) is 0 Å². The van der Waals surface area contributed by atoms with E-state index >= 15 is 0 Å². The lowest BCUT2D eigenvalue weighted by Gasteiger charge is -2.31. The number of ether oxygens (including phenoxy) is 1. The number of benzene rings is 1. The van der Waals surface area contributed by atoms with Crippen LogP contribution in [0.3, 0.4) is 0 Å². The summed E-state index contributed by atoms with van der Waals surface area (Å²) in [4.78, 5) is -0.0330. The number of methoxy groups -OCH3 is 1. The first-order chi connectivity index (χ1) is 9.90. The average molecular weight is 354 g/mol. The maximum Gasteiger partial charge on any atom is 0.244 e. The number of sulfonamides is 1. The Labute approximate surface area is 134 Å². The Balaban J connectivity index is 2.39. The zero-order valence-electron chi connectivity index (χ0n) is 11.6. The maximum atomic E-state index is 12.7. The highest BCUT2D eigenvalue weighted by Gasteiger charge is 2.32. The Morgan fingerprint density at radius 2 is 2.10 bits per heavy atom. The molecule has 118 valence electrons. The predicted molar refractivity (Wildman–Crippen MR) is 81.2 cm³/mol. The molecule has 2 rings (SSSR count). The summed E-state index contributed by atoms with van der Waals surface area (Å²) in [6.07, 6.45) is 1.45. The minimum Gasteiger partial charge on any atom is -0.392 e. The molecule has 0 spiro atoms. The van der Waals surface area contributed by atoms with Gasteiger partial charge in [-0.1, -0.05) is 23.2 Å². The van der Waals surface area contributed by atoms with E-state index in [1.54, 1.807) is 7.11 Å². The average Bonchev–Trinajstić information content (AvgIpc) is 2.47. The first kappa shape index (κ1) is 17.0. The molecule has 1 aliphatic heterocycles. The first-order valence-corrected chi connectivity index (χ1v) is 8.71. The molecule has 0 bridgehead atoms. The van der Waals surface area contributed by atoms with Crippen LogP contribution in [0.25, 0.3) is 0 Å². The van der Waals surface area contributed by atoms with E-state index in [0.29, 0.717) is 18.7 Å². The monoisotopic (exact) mass is 353 g/mol. The van der Waals surface area contributed by atoms with Crippen LogP contribution in [0.1, 0.15) is 18.4 Å². The van der Waals surface area contributed by atoms with Crippen molar-refractivity contribution in [3.05, 3.63) is 27.7 Å². The molecule has 5 nitrogen and oxygen atoms in total. The van der Waals surface area contributed by atoms with Crippen molar-refractivity contribution in [1.82, 2.24) is 4.31 Å². The molecule has 0 radical (unpaired) electrons. The molecular formula is C13H17Cl2NO4S. The summed E-state index contributed by atoms with van der Waals surface area (Å²) in [6.45, 7) is 0.376. The summed E-state index contributed by atoms with van der Waals surface area (Å²) < 4.78 is 32.0. The number of halogens is 2. The van der Waals surface area contributed by atoms with E-state index in [-0.39, 0.29) is 27.7 Å². The molecule has 21 heavy (non-hydrogen) atoms. The molecule has 0 amide bonds. The van der Waals surface area contributed by atoms with Gasteiger partial charge in [0, 0.05) is 25.2 Å². The van der Waals surface area contributed by atoms with Crippen molar-refractivity contribution < 1.29 is 18.3 Å². The van der Waals surface area contributed by atoms with E-state index in [9.17, 15) is 13.5 Å². The Morgan fingerprint density at radius 1 is 1.38 bits per heavy atom. The van der Waals surface area contributed by atoms with Crippen molar-refractivity contribution in [3.8, 4) is 0 Å². The van der Waals surface area contributed by atoms with Gasteiger partial charge in [-0.05, 0) is 30.5 Å². The van der Waals surface area contributed by atoms with Crippen molar-refractivity contribution >= 4 is 33.2 Å². The second kappa shape index (κ2) is 6.81. The minimum atomic E-state index is -3.73. The fourth-order valence-corrected chi connectivity index (χ4v) is 4.69. The van der Waals surface area contributed by atoms with Gasteiger partial charge in [0.25, 0.3) is 0 Å². The molecule has 1 aromatic carbocycles. The van der Waals surface area contributed by atoms with Crippen molar-refractivity contribution in [2.75, 3.05) is 20.2 Å². The van der Waals surface area contributed by atoms with Crippen molar-refractivity contribution in [2.24, 2.45) is 0 Å². The van der Waals surface area contributed by atoms with E-state index in [0.717, 1.165) is 12.8 Å². The van der Waals surface area contributed by atoms with Crippen LogP contribution in [0.4, 0.5) is 0 Å². The second-order valence-corrected chi connectivity index (χ2v) is 7.62. The third-order valence-corrected chi connectivity index (χ3v) is 6.24. The highest BCUT2D eigenvalue weighted by molar-refractivity contribution is 7.89. The topological polar surface area (TPSA) is 66.8 Å². The molecule has 1 saturated heterocycles. The zero-order chi connectivity index (χ0) is 15.6. The van der Waals surface area contributed by atoms with Crippen molar-refractivity contribution in [3.63, 3.8) is 0 Å². The molecule has 1 unspecified atom stereocenters. The highest BCUT2D eigenvalue weighted by atomic mass is 35.5. The Bertz CT molecular complexity index is 621. The summed E-state index contributed by atoms with van der Waals surface area (Å²) in [5.74, 6) is 0. The molecule has 1 heterocycles. The van der Waals surface area contributed by atoms with Crippen LogP contribution < -0.4 is 0 Å². The number of rotatable bonds is 4. The van der Waals surface area contributed by atoms with Gasteiger partial charge >= 0.3 is 0 Å². The SMILES string of the molecule is COC1CCCN(S(=O)(=O)c2cc(CO)c(Cl)cc2Cl)C1. The fourth-order valence-electron chi connectivity index (χ4n) is 2.34. The van der Waals surface area contributed by atoms with Crippen LogP contribution in [-0.4, -0.2) is 44.1 Å². The summed E-state index contributed by atoms with van der Waals surface area (Å²) in [5.41, 5.74) is 0.333. The van der Waals surface area contributed by atoms with Gasteiger partial charge in [-0.3, -0.25) is 0 Å². The minimum absolute atomic E-state index is 0.0330. The summed E-state index contributed by atoms with van der Waals surface area (Å²) in [6, 6.07) is 2.68. The zero-order valence-corrected chi connectivity index (χ0v) is 13.9. The maximum absolute atomic E-state index is 12.7. The summed E-state index contributed by atoms with van der Waals surface area (Å²) in [7, 11) is -2.16. The van der Waals surface area contributed by atoms with E-state index in [1.165, 1.54) is 16.4 Å². The smallest absolute Gasteiger partial charge is 0.244 e. The second-order valence-electron chi connectivity index (χ2n) is 4.90. The number of piperidine rings is 1. The summed E-state index contributed by atoms with van der Waals surface area (Å²) >= 11 is 11.9. The third kappa shape index (κ3) is 3.52. The molecule has 1 aromatic rings. The van der Waals surface area contributed by atoms with Gasteiger partial charge in [0.2, 0.25) is 10.0 Å². The van der Waals surface area contributed by atoms with E-state index in [2.05, 4.69) is 0 Å². The van der Waals surface area contributed by atoms with Crippen LogP contribution >= 0.6 is 23.2 Å². The standard InChI is InChI=1S/C13H17Cl2NO4S/c1-20-10-3-2-4-16(7-10)21(18,19)13-5-9(8-17)11(14)6-12(13)15/h5-6,10,17H,2-4,7-8H2,1H3. The fraction of sp³-hybridized carbons (Fsp3) is 0.538. The number of aliphatic hydroxyl groups excluding tert-OH is 1. The first-order valence-electron chi connectivity index (χ1n) is 6.52. The predicted octanol–water partition coefficient (Wildman–Crippen LogP) is 2.29. The van der Waals surface area contributed by atoms with E-state index in [4.69, 9.17) is 27.9 Å². The van der Waals surface area contributed by atoms with Gasteiger partial charge in [-0.15, -0.1) is 0 Å². The Morgan fingerprint density at radius 3 is 2.71 bits per heavy atom. The van der Waals surface area contributed by atoms with Gasteiger partial charge < -0.3 is 9.84 Å². The number of hydrogen-bond acceptors (Lipinski definition) is 4. The van der Waals surface area contributed by atoms with Gasteiger partial charge in [0.15, 0.2) is 0 Å². The van der Waals surface area contributed by atoms with Gasteiger partial charge in [-0.2, -0.15) is 4.31 Å². The summed E-state index contributed by atoms with van der Waals surface area (Å²) in [5, 5.41) is 9.53. The third-order valence-electron chi connectivity index (χ3n) is 3.56. The molecule has 0 aromatic heterocycles. The molecule has 0 saturated carbocycles. The molecule has 1 aliphatic rings. The molecule has 1 atom stereocenters. The van der Waals surface area contributed by atoms with Crippen LogP contribution in [0.2, 0.25) is 10.0 Å². The van der Waals surface area contributed by atoms with Gasteiger partial charge in [0.1, 0.15) is 4.90 Å². The molecule has 1 N–H and O–H groups in total. The highest BCUT2D eigenvalue weighted by Crippen LogP contribution is 2.32. The lowest BCUT2D eigenvalue weighted by atomic mass is 10.1. The number of nitrogens with zero attached hydrogens (tertiary/aromatic N) is 1. The quantitative estimate of drug-likeness (QED) is 0.901. The largest absolute Gasteiger partial charge is 0.392 e. The molecular weight excluding hydrogens is 337 g/mol. The van der Waals surface area contributed by atoms with Crippen LogP contribution in [0, 0.1) is 0 Å². The molecule has 8 heteroatoms. The van der Waals surface area contributed by atoms with Crippen molar-refractivity contribution in [1.29, 1.82) is 0 Å². The van der Waals surface area contributed by atoms with Crippen molar-refractivity contribution in [2.45, 2.75) is 30.4 Å².